The fourth-order valence-electron chi connectivity index (χ4n) is 3.08. The van der Waals surface area contributed by atoms with Gasteiger partial charge in [0.05, 0.1) is 5.71 Å². The van der Waals surface area contributed by atoms with E-state index >= 15 is 0 Å². The topological polar surface area (TPSA) is 21.6 Å². The smallest absolute Gasteiger partial charge is 0.177 e. The van der Waals surface area contributed by atoms with Gasteiger partial charge in [0.25, 0.3) is 0 Å². The molecule has 0 aliphatic carbocycles. The lowest BCUT2D eigenvalue weighted by molar-refractivity contribution is -0.00319. The van der Waals surface area contributed by atoms with Crippen LogP contribution in [-0.4, -0.2) is 11.5 Å². The van der Waals surface area contributed by atoms with E-state index in [1.54, 1.807) is 12.1 Å². The molecule has 0 aromatic heterocycles. The van der Waals surface area contributed by atoms with Crippen LogP contribution in [0.15, 0.2) is 95.0 Å². The second kappa shape index (κ2) is 7.34. The van der Waals surface area contributed by atoms with Crippen LogP contribution < -0.4 is 0 Å². The minimum absolute atomic E-state index is 0.206. The highest BCUT2D eigenvalue weighted by Gasteiger charge is 2.41. The van der Waals surface area contributed by atoms with Crippen molar-refractivity contribution in [2.75, 3.05) is 5.75 Å². The molecule has 0 amide bonds. The van der Waals surface area contributed by atoms with Crippen molar-refractivity contribution in [3.63, 3.8) is 0 Å². The highest BCUT2D eigenvalue weighted by Crippen LogP contribution is 2.41. The van der Waals surface area contributed by atoms with Crippen molar-refractivity contribution in [1.29, 1.82) is 0 Å². The van der Waals surface area contributed by atoms with E-state index < -0.39 is 5.60 Å². The summed E-state index contributed by atoms with van der Waals surface area (Å²) in [5.74, 6) is 0.375. The van der Waals surface area contributed by atoms with Crippen molar-refractivity contribution in [1.82, 2.24) is 0 Å². The molecular weight excluding hydrogens is 345 g/mol. The third kappa shape index (κ3) is 3.37. The maximum absolute atomic E-state index is 14.0. The van der Waals surface area contributed by atoms with E-state index in [0.29, 0.717) is 17.1 Å². The molecule has 1 aliphatic heterocycles. The van der Waals surface area contributed by atoms with Gasteiger partial charge >= 0.3 is 0 Å². The summed E-state index contributed by atoms with van der Waals surface area (Å²) < 4.78 is 14.0. The number of hydrogen-bond acceptors (Lipinski definition) is 3. The van der Waals surface area contributed by atoms with Crippen molar-refractivity contribution in [2.45, 2.75) is 16.9 Å². The molecule has 130 valence electrons. The summed E-state index contributed by atoms with van der Waals surface area (Å²) in [6.07, 6.45) is 0.655. The summed E-state index contributed by atoms with van der Waals surface area (Å²) in [5.41, 5.74) is 2.43. The number of benzene rings is 3. The Balaban J connectivity index is 1.62. The lowest BCUT2D eigenvalue weighted by Crippen LogP contribution is -2.29. The molecule has 0 radical (unpaired) electrons. The van der Waals surface area contributed by atoms with Gasteiger partial charge in [-0.1, -0.05) is 78.0 Å². The predicted octanol–water partition coefficient (Wildman–Crippen LogP) is 5.64. The number of rotatable bonds is 5. The Morgan fingerprint density at radius 2 is 1.54 bits per heavy atom. The lowest BCUT2D eigenvalue weighted by Gasteiger charge is -2.27. The summed E-state index contributed by atoms with van der Waals surface area (Å²) in [4.78, 5) is 6.62. The van der Waals surface area contributed by atoms with Crippen LogP contribution in [0, 0.1) is 5.82 Å². The molecular formula is C22H18FNOS. The lowest BCUT2D eigenvalue weighted by atomic mass is 9.89. The fourth-order valence-corrected chi connectivity index (χ4v) is 4.17. The minimum Gasteiger partial charge on any atom is -0.383 e. The van der Waals surface area contributed by atoms with Gasteiger partial charge in [-0.2, -0.15) is 0 Å². The second-order valence-electron chi connectivity index (χ2n) is 6.25. The van der Waals surface area contributed by atoms with Crippen LogP contribution in [0.2, 0.25) is 0 Å². The Morgan fingerprint density at radius 3 is 2.27 bits per heavy atom. The van der Waals surface area contributed by atoms with Crippen molar-refractivity contribution < 1.29 is 9.23 Å². The molecule has 0 saturated heterocycles. The number of nitrogens with zero attached hydrogens (tertiary/aromatic N) is 1. The first kappa shape index (κ1) is 16.9. The molecule has 0 N–H and O–H groups in total. The first-order valence-electron chi connectivity index (χ1n) is 8.50. The second-order valence-corrected chi connectivity index (χ2v) is 7.27. The quantitative estimate of drug-likeness (QED) is 0.547. The maximum atomic E-state index is 14.0. The van der Waals surface area contributed by atoms with Crippen LogP contribution in [0.4, 0.5) is 4.39 Å². The van der Waals surface area contributed by atoms with E-state index in [1.807, 2.05) is 66.7 Å². The largest absolute Gasteiger partial charge is 0.383 e. The average Bonchev–Trinajstić information content (AvgIpc) is 3.15. The summed E-state index contributed by atoms with van der Waals surface area (Å²) in [6.45, 7) is 0. The van der Waals surface area contributed by atoms with Crippen molar-refractivity contribution in [2.24, 2.45) is 5.16 Å². The third-order valence-electron chi connectivity index (χ3n) is 4.49. The van der Waals surface area contributed by atoms with Gasteiger partial charge in [-0.25, -0.2) is 4.39 Å². The monoisotopic (exact) mass is 363 g/mol. The van der Waals surface area contributed by atoms with E-state index in [1.165, 1.54) is 17.8 Å². The van der Waals surface area contributed by atoms with Gasteiger partial charge in [0, 0.05) is 17.1 Å². The van der Waals surface area contributed by atoms with Crippen molar-refractivity contribution in [3.05, 3.63) is 102 Å². The van der Waals surface area contributed by atoms with Gasteiger partial charge < -0.3 is 4.84 Å². The maximum Gasteiger partial charge on any atom is 0.177 e. The molecule has 1 atom stereocenters. The zero-order valence-corrected chi connectivity index (χ0v) is 15.0. The molecule has 4 heteroatoms. The molecule has 1 aliphatic rings. The van der Waals surface area contributed by atoms with Crippen molar-refractivity contribution >= 4 is 17.5 Å². The average molecular weight is 363 g/mol. The zero-order chi connectivity index (χ0) is 17.8. The third-order valence-corrected chi connectivity index (χ3v) is 5.74. The number of thioether (sulfide) groups is 1. The molecule has 3 aromatic carbocycles. The Morgan fingerprint density at radius 1 is 0.885 bits per heavy atom. The normalized spacial score (nSPS) is 19.0. The van der Waals surface area contributed by atoms with E-state index in [2.05, 4.69) is 5.16 Å². The van der Waals surface area contributed by atoms with Crippen LogP contribution in [0.25, 0.3) is 0 Å². The van der Waals surface area contributed by atoms with Gasteiger partial charge in [0.1, 0.15) is 5.82 Å². The number of halogens is 1. The first-order chi connectivity index (χ1) is 12.8. The Kier molecular flexibility index (Phi) is 4.76. The number of oxime groups is 1. The van der Waals surface area contributed by atoms with Gasteiger partial charge in [-0.3, -0.25) is 0 Å². The summed E-state index contributed by atoms with van der Waals surface area (Å²) in [5, 5.41) is 4.38. The fraction of sp³-hybridized carbons (Fsp3) is 0.136. The van der Waals surface area contributed by atoms with E-state index in [-0.39, 0.29) is 5.82 Å². The standard InChI is InChI=1S/C22H18FNOS/c23-19-13-7-8-14-21(19)26-16-22(18-11-5-2-6-12-18)15-20(24-25-22)17-9-3-1-4-10-17/h1-14H,15-16H2/t22-/m1/s1. The summed E-state index contributed by atoms with van der Waals surface area (Å²) >= 11 is 1.46. The Hall–Kier alpha value is -2.59. The molecule has 0 unspecified atom stereocenters. The summed E-state index contributed by atoms with van der Waals surface area (Å²) in [7, 11) is 0. The van der Waals surface area contributed by atoms with Gasteiger partial charge in [0.2, 0.25) is 0 Å². The van der Waals surface area contributed by atoms with Gasteiger partial charge in [-0.05, 0) is 23.3 Å². The minimum atomic E-state index is -0.598. The molecule has 26 heavy (non-hydrogen) atoms. The van der Waals surface area contributed by atoms with E-state index in [0.717, 1.165) is 16.8 Å². The van der Waals surface area contributed by atoms with Crippen LogP contribution in [-0.2, 0) is 10.4 Å². The highest BCUT2D eigenvalue weighted by atomic mass is 32.2. The van der Waals surface area contributed by atoms with Crippen LogP contribution >= 0.6 is 11.8 Å². The van der Waals surface area contributed by atoms with Crippen LogP contribution in [0.3, 0.4) is 0 Å². The highest BCUT2D eigenvalue weighted by molar-refractivity contribution is 7.99. The number of hydrogen-bond donors (Lipinski definition) is 0. The van der Waals surface area contributed by atoms with Gasteiger partial charge in [0.15, 0.2) is 5.60 Å². The predicted molar refractivity (Wildman–Crippen MR) is 104 cm³/mol. The molecule has 1 heterocycles. The molecule has 4 rings (SSSR count). The molecule has 0 saturated carbocycles. The van der Waals surface area contributed by atoms with Crippen LogP contribution in [0.5, 0.6) is 0 Å². The van der Waals surface area contributed by atoms with E-state index in [9.17, 15) is 4.39 Å². The molecule has 0 spiro atoms. The molecule has 0 bridgehead atoms. The Bertz CT molecular complexity index is 914. The summed E-state index contributed by atoms with van der Waals surface area (Å²) in [6, 6.07) is 26.9. The first-order valence-corrected chi connectivity index (χ1v) is 9.49. The molecule has 3 aromatic rings. The van der Waals surface area contributed by atoms with Crippen molar-refractivity contribution in [3.8, 4) is 0 Å². The van der Waals surface area contributed by atoms with Crippen LogP contribution in [0.1, 0.15) is 17.5 Å². The zero-order valence-electron chi connectivity index (χ0n) is 14.1. The molecule has 2 nitrogen and oxygen atoms in total. The van der Waals surface area contributed by atoms with Gasteiger partial charge in [-0.15, -0.1) is 11.8 Å². The van der Waals surface area contributed by atoms with E-state index in [4.69, 9.17) is 4.84 Å². The SMILES string of the molecule is Fc1ccccc1SC[C@@]1(c2ccccc2)CC(c2ccccc2)=NO1. The Labute approximate surface area is 156 Å². The molecule has 0 fully saturated rings.